The van der Waals surface area contributed by atoms with Crippen LogP contribution >= 0.6 is 0 Å². The highest BCUT2D eigenvalue weighted by atomic mass is 32.2. The van der Waals surface area contributed by atoms with E-state index in [2.05, 4.69) is 4.90 Å². The normalized spacial score (nSPS) is 18.0. The number of amides is 1. The summed E-state index contributed by atoms with van der Waals surface area (Å²) >= 11 is 0. The van der Waals surface area contributed by atoms with Gasteiger partial charge in [0, 0.05) is 50.5 Å². The molecule has 1 amide bonds. The minimum atomic E-state index is -4.94. The Morgan fingerprint density at radius 2 is 1.51 bits per heavy atom. The van der Waals surface area contributed by atoms with Gasteiger partial charge in [0.05, 0.1) is 16.1 Å². The second-order valence-electron chi connectivity index (χ2n) is 10.3. The number of alkyl halides is 3. The summed E-state index contributed by atoms with van der Waals surface area (Å²) < 4.78 is 68.4. The number of benzene rings is 1. The summed E-state index contributed by atoms with van der Waals surface area (Å²) in [5, 5.41) is 0. The summed E-state index contributed by atoms with van der Waals surface area (Å²) in [6.45, 7) is 6.21. The molecule has 1 spiro atoms. The lowest BCUT2D eigenvalue weighted by molar-refractivity contribution is -0.0892. The molecule has 0 aliphatic carbocycles. The fourth-order valence-electron chi connectivity index (χ4n) is 5.79. The Hall–Kier alpha value is -2.70. The highest BCUT2D eigenvalue weighted by Gasteiger charge is 2.48. The molecule has 0 N–H and O–H groups in total. The van der Waals surface area contributed by atoms with Crippen LogP contribution in [0.5, 0.6) is 0 Å². The fourth-order valence-corrected chi connectivity index (χ4v) is 7.41. The Bertz CT molecular complexity index is 1310. The van der Waals surface area contributed by atoms with Crippen LogP contribution in [-0.4, -0.2) is 84.7 Å². The van der Waals surface area contributed by atoms with Crippen LogP contribution in [0, 0.1) is 0 Å². The predicted octanol–water partition coefficient (Wildman–Crippen LogP) is 4.12. The van der Waals surface area contributed by atoms with E-state index in [-0.39, 0.29) is 23.0 Å². The number of fused-ring (bicyclic) bond motifs is 2. The maximum atomic E-state index is 13.3. The number of sulfonamides is 1. The van der Waals surface area contributed by atoms with Crippen molar-refractivity contribution in [2.75, 3.05) is 39.8 Å². The van der Waals surface area contributed by atoms with Crippen LogP contribution in [0.1, 0.15) is 66.1 Å². The topological polar surface area (TPSA) is 82.9 Å². The average molecular weight is 569 g/mol. The number of rotatable bonds is 8. The van der Waals surface area contributed by atoms with Crippen LogP contribution in [0.4, 0.5) is 13.2 Å². The third kappa shape index (κ3) is 5.38. The summed E-state index contributed by atoms with van der Waals surface area (Å²) in [4.78, 5) is 29.2. The van der Waals surface area contributed by atoms with E-state index in [0.717, 1.165) is 0 Å². The summed E-state index contributed by atoms with van der Waals surface area (Å²) in [7, 11) is -1.74. The van der Waals surface area contributed by atoms with Gasteiger partial charge in [-0.05, 0) is 69.1 Å². The number of hydrogen-bond acceptors (Lipinski definition) is 5. The molecule has 0 saturated carbocycles. The molecule has 0 radical (unpaired) electrons. The summed E-state index contributed by atoms with van der Waals surface area (Å²) in [6.07, 6.45) is -2.55. The number of piperidine rings is 1. The molecule has 1 aromatic carbocycles. The second kappa shape index (κ2) is 11.1. The third-order valence-electron chi connectivity index (χ3n) is 7.90. The van der Waals surface area contributed by atoms with Crippen molar-refractivity contribution in [3.8, 4) is 0 Å². The molecule has 3 heterocycles. The molecule has 1 aromatic heterocycles. The quantitative estimate of drug-likeness (QED) is 0.448. The summed E-state index contributed by atoms with van der Waals surface area (Å²) in [5.41, 5.74) is 0.101. The van der Waals surface area contributed by atoms with Crippen molar-refractivity contribution in [2.24, 2.45) is 0 Å². The van der Waals surface area contributed by atoms with Gasteiger partial charge >= 0.3 is 6.18 Å². The van der Waals surface area contributed by atoms with Crippen LogP contribution in [-0.2, 0) is 22.1 Å². The molecule has 0 unspecified atom stereocenters. The Morgan fingerprint density at radius 1 is 0.923 bits per heavy atom. The molecule has 2 aromatic rings. The van der Waals surface area contributed by atoms with E-state index < -0.39 is 27.5 Å². The Balaban J connectivity index is 1.50. The summed E-state index contributed by atoms with van der Waals surface area (Å²) in [5.74, 6) is -2.08. The highest BCUT2D eigenvalue weighted by Crippen LogP contribution is 2.42. The Kier molecular flexibility index (Phi) is 8.30. The van der Waals surface area contributed by atoms with E-state index in [0.29, 0.717) is 69.7 Å². The van der Waals surface area contributed by atoms with Gasteiger partial charge in [0.1, 0.15) is 0 Å². The highest BCUT2D eigenvalue weighted by molar-refractivity contribution is 7.89. The predicted molar refractivity (Wildman–Crippen MR) is 140 cm³/mol. The number of carbonyl (C=O) groups is 2. The number of aromatic nitrogens is 1. The van der Waals surface area contributed by atoms with Crippen LogP contribution in [0.2, 0.25) is 0 Å². The fraction of sp³-hybridized carbons (Fsp3) is 0.556. The van der Waals surface area contributed by atoms with Gasteiger partial charge in [-0.25, -0.2) is 8.42 Å². The monoisotopic (exact) mass is 568 g/mol. The molecule has 4 rings (SSSR count). The molecule has 0 atom stereocenters. The molecule has 39 heavy (non-hydrogen) atoms. The van der Waals surface area contributed by atoms with Gasteiger partial charge in [-0.1, -0.05) is 13.8 Å². The molecule has 2 aliphatic rings. The number of hydrogen-bond donors (Lipinski definition) is 0. The Labute approximate surface area is 227 Å². The average Bonchev–Trinajstić information content (AvgIpc) is 3.35. The number of carbonyl (C=O) groups excluding carboxylic acids is 2. The zero-order chi connectivity index (χ0) is 28.6. The molecule has 214 valence electrons. The smallest absolute Gasteiger partial charge is 0.339 e. The number of halogens is 3. The van der Waals surface area contributed by atoms with Gasteiger partial charge in [-0.3, -0.25) is 14.5 Å². The first-order valence-electron chi connectivity index (χ1n) is 13.3. The molecule has 8 nitrogen and oxygen atoms in total. The van der Waals surface area contributed by atoms with E-state index in [1.54, 1.807) is 11.0 Å². The number of likely N-dealkylation sites (tertiary alicyclic amines) is 1. The van der Waals surface area contributed by atoms with Crippen molar-refractivity contribution >= 4 is 21.7 Å². The third-order valence-corrected chi connectivity index (χ3v) is 9.81. The van der Waals surface area contributed by atoms with Crippen molar-refractivity contribution in [1.29, 1.82) is 0 Å². The minimum absolute atomic E-state index is 0.146. The largest absolute Gasteiger partial charge is 0.456 e. The van der Waals surface area contributed by atoms with E-state index in [4.69, 9.17) is 0 Å². The first-order chi connectivity index (χ1) is 18.4. The lowest BCUT2D eigenvalue weighted by atomic mass is 9.81. The maximum Gasteiger partial charge on any atom is 0.456 e. The van der Waals surface area contributed by atoms with Crippen molar-refractivity contribution in [3.05, 3.63) is 53.3 Å². The lowest BCUT2D eigenvalue weighted by Crippen LogP contribution is -2.56. The van der Waals surface area contributed by atoms with Crippen LogP contribution < -0.4 is 0 Å². The van der Waals surface area contributed by atoms with Gasteiger partial charge in [0.25, 0.3) is 11.7 Å². The van der Waals surface area contributed by atoms with Gasteiger partial charge < -0.3 is 9.47 Å². The van der Waals surface area contributed by atoms with Crippen LogP contribution in [0.25, 0.3) is 0 Å². The molecule has 1 fully saturated rings. The van der Waals surface area contributed by atoms with Gasteiger partial charge in [-0.15, -0.1) is 0 Å². The second-order valence-corrected chi connectivity index (χ2v) is 12.2. The van der Waals surface area contributed by atoms with E-state index >= 15 is 0 Å². The Morgan fingerprint density at radius 3 is 2.05 bits per heavy atom. The number of Topliss-reactive ketones (excluding diaryl/α,β-unsaturated/α-hetero) is 1. The first kappa shape index (κ1) is 29.3. The molecule has 0 bridgehead atoms. The molecular formula is C27H35F3N4O4S. The maximum absolute atomic E-state index is 13.3. The standard InChI is InChI=1S/C27H35F3N4O4S/c1-4-14-33(15-5-2)39(37,38)21-8-6-20(7-9-21)25(36)32-16-12-26(13-17-32)23-11-10-22(24(35)27(28,29)30)34(23)19-18-31(26)3/h6-11H,4-5,12-19H2,1-3H3. The van der Waals surface area contributed by atoms with Crippen molar-refractivity contribution < 1.29 is 31.2 Å². The molecule has 1 saturated heterocycles. The zero-order valence-electron chi connectivity index (χ0n) is 22.5. The van der Waals surface area contributed by atoms with Crippen LogP contribution in [0.3, 0.4) is 0 Å². The van der Waals surface area contributed by atoms with Crippen LogP contribution in [0.15, 0.2) is 41.3 Å². The van der Waals surface area contributed by atoms with E-state index in [9.17, 15) is 31.2 Å². The lowest BCUT2D eigenvalue weighted by Gasteiger charge is -2.50. The SMILES string of the molecule is CCCN(CCC)S(=O)(=O)c1ccc(C(=O)N2CCC3(CC2)c2ccc(C(=O)C(F)(F)F)n2CCN3C)cc1. The summed E-state index contributed by atoms with van der Waals surface area (Å²) in [6, 6.07) is 8.85. The van der Waals surface area contributed by atoms with E-state index in [1.165, 1.54) is 39.2 Å². The number of ketones is 1. The van der Waals surface area contributed by atoms with Crippen molar-refractivity contribution in [2.45, 2.75) is 62.7 Å². The zero-order valence-corrected chi connectivity index (χ0v) is 23.3. The van der Waals surface area contributed by atoms with Crippen molar-refractivity contribution in [3.63, 3.8) is 0 Å². The molecule has 12 heteroatoms. The van der Waals surface area contributed by atoms with Gasteiger partial charge in [0.15, 0.2) is 0 Å². The van der Waals surface area contributed by atoms with Gasteiger partial charge in [0.2, 0.25) is 10.0 Å². The first-order valence-corrected chi connectivity index (χ1v) is 14.7. The molecular weight excluding hydrogens is 533 g/mol. The van der Waals surface area contributed by atoms with Crippen molar-refractivity contribution in [1.82, 2.24) is 18.7 Å². The molecule has 2 aliphatic heterocycles. The van der Waals surface area contributed by atoms with E-state index in [1.807, 2.05) is 20.9 Å². The number of nitrogens with zero attached hydrogens (tertiary/aromatic N) is 4. The minimum Gasteiger partial charge on any atom is -0.339 e. The number of likely N-dealkylation sites (N-methyl/N-ethyl adjacent to an activating group) is 1. The van der Waals surface area contributed by atoms with Gasteiger partial charge in [-0.2, -0.15) is 17.5 Å².